The van der Waals surface area contributed by atoms with Gasteiger partial charge < -0.3 is 10.4 Å². The fourth-order valence-electron chi connectivity index (χ4n) is 1.87. The van der Waals surface area contributed by atoms with Crippen LogP contribution in [0.25, 0.3) is 0 Å². The van der Waals surface area contributed by atoms with Gasteiger partial charge >= 0.3 is 5.97 Å². The quantitative estimate of drug-likeness (QED) is 0.730. The van der Waals surface area contributed by atoms with Crippen LogP contribution in [0.2, 0.25) is 0 Å². The molecule has 6 heteroatoms. The molecule has 2 unspecified atom stereocenters. The van der Waals surface area contributed by atoms with E-state index in [1.807, 2.05) is 0 Å². The molecule has 16 heavy (non-hydrogen) atoms. The van der Waals surface area contributed by atoms with Crippen molar-refractivity contribution in [1.82, 2.24) is 5.32 Å². The molecule has 2 N–H and O–H groups in total. The van der Waals surface area contributed by atoms with Gasteiger partial charge in [0.2, 0.25) is 5.91 Å². The third-order valence-corrected chi connectivity index (χ3v) is 4.56. The number of amides is 1. The van der Waals surface area contributed by atoms with Crippen molar-refractivity contribution in [2.24, 2.45) is 0 Å². The number of carbonyl (C=O) groups is 2. The molecule has 2 atom stereocenters. The summed E-state index contributed by atoms with van der Waals surface area (Å²) in [4.78, 5) is 21.6. The van der Waals surface area contributed by atoms with Crippen molar-refractivity contribution in [3.63, 3.8) is 0 Å². The Bertz CT molecular complexity index is 299. The van der Waals surface area contributed by atoms with Gasteiger partial charge in [-0.05, 0) is 12.8 Å². The number of hydrogen-bond donors (Lipinski definition) is 2. The highest BCUT2D eigenvalue weighted by Gasteiger charge is 2.27. The molecular weight excluding hydrogens is 230 g/mol. The highest BCUT2D eigenvalue weighted by Crippen LogP contribution is 2.23. The van der Waals surface area contributed by atoms with Crippen LogP contribution in [-0.4, -0.2) is 38.2 Å². The molecule has 0 heterocycles. The maximum Gasteiger partial charge on any atom is 0.327 e. The van der Waals surface area contributed by atoms with Crippen molar-refractivity contribution in [3.8, 4) is 0 Å². The van der Waals surface area contributed by atoms with Gasteiger partial charge in [-0.1, -0.05) is 12.8 Å². The van der Waals surface area contributed by atoms with E-state index >= 15 is 0 Å². The fraction of sp³-hybridized carbons (Fsp3) is 0.800. The largest absolute Gasteiger partial charge is 0.480 e. The number of nitrogens with one attached hydrogen (secondary N) is 1. The number of carbonyl (C=O) groups excluding carboxylic acids is 1. The third-order valence-electron chi connectivity index (χ3n) is 2.68. The first-order valence-corrected chi connectivity index (χ1v) is 6.76. The first kappa shape index (κ1) is 13.2. The number of rotatable bonds is 5. The van der Waals surface area contributed by atoms with E-state index < -0.39 is 28.7 Å². The molecule has 0 aromatic rings. The molecule has 0 saturated heterocycles. The van der Waals surface area contributed by atoms with Crippen LogP contribution in [0.15, 0.2) is 0 Å². The highest BCUT2D eigenvalue weighted by atomic mass is 32.2. The summed E-state index contributed by atoms with van der Waals surface area (Å²) in [5, 5.41) is 11.3. The van der Waals surface area contributed by atoms with Crippen molar-refractivity contribution < 1.29 is 18.9 Å². The van der Waals surface area contributed by atoms with E-state index in [0.29, 0.717) is 0 Å². The number of hydrogen-bond acceptors (Lipinski definition) is 3. The van der Waals surface area contributed by atoms with Crippen LogP contribution in [0.5, 0.6) is 0 Å². The van der Waals surface area contributed by atoms with Gasteiger partial charge in [0.05, 0.1) is 5.75 Å². The van der Waals surface area contributed by atoms with Gasteiger partial charge in [-0.15, -0.1) is 0 Å². The molecule has 0 spiro atoms. The fourth-order valence-corrected chi connectivity index (χ4v) is 3.56. The van der Waals surface area contributed by atoms with E-state index in [9.17, 15) is 13.8 Å². The van der Waals surface area contributed by atoms with E-state index in [1.165, 1.54) is 6.92 Å². The van der Waals surface area contributed by atoms with Crippen LogP contribution in [0.1, 0.15) is 32.6 Å². The molecule has 0 aromatic heterocycles. The zero-order valence-corrected chi connectivity index (χ0v) is 10.1. The van der Waals surface area contributed by atoms with Crippen LogP contribution < -0.4 is 5.32 Å². The third kappa shape index (κ3) is 3.92. The van der Waals surface area contributed by atoms with Gasteiger partial charge in [-0.2, -0.15) is 0 Å². The zero-order valence-electron chi connectivity index (χ0n) is 9.27. The molecule has 1 fully saturated rings. The minimum atomic E-state index is -1.16. The zero-order chi connectivity index (χ0) is 12.1. The SMILES string of the molecule is CC(=O)NC(CS(=O)C1CCCC1)C(=O)O. The lowest BCUT2D eigenvalue weighted by Gasteiger charge is -2.15. The van der Waals surface area contributed by atoms with Crippen LogP contribution >= 0.6 is 0 Å². The summed E-state index contributed by atoms with van der Waals surface area (Å²) in [6.07, 6.45) is 3.93. The highest BCUT2D eigenvalue weighted by molar-refractivity contribution is 7.85. The molecule has 0 aliphatic heterocycles. The summed E-state index contributed by atoms with van der Waals surface area (Å²) in [6, 6.07) is -1.03. The Labute approximate surface area is 97.1 Å². The normalized spacial score (nSPS) is 20.3. The molecule has 0 aromatic carbocycles. The first-order valence-electron chi connectivity index (χ1n) is 5.37. The van der Waals surface area contributed by atoms with E-state index in [4.69, 9.17) is 5.11 Å². The molecule has 5 nitrogen and oxygen atoms in total. The lowest BCUT2D eigenvalue weighted by Crippen LogP contribution is -2.44. The summed E-state index contributed by atoms with van der Waals surface area (Å²) in [5.41, 5.74) is 0. The van der Waals surface area contributed by atoms with Gasteiger partial charge in [0, 0.05) is 23.0 Å². The summed E-state index contributed by atoms with van der Waals surface area (Å²) in [5.74, 6) is -1.52. The second-order valence-electron chi connectivity index (χ2n) is 4.05. The predicted molar refractivity (Wildman–Crippen MR) is 60.5 cm³/mol. The molecule has 1 saturated carbocycles. The van der Waals surface area contributed by atoms with Crippen molar-refractivity contribution in [3.05, 3.63) is 0 Å². The van der Waals surface area contributed by atoms with Crippen LogP contribution in [0.4, 0.5) is 0 Å². The number of aliphatic carboxylic acids is 1. The molecular formula is C10H17NO4S. The average Bonchev–Trinajstić information content (AvgIpc) is 2.68. The second kappa shape index (κ2) is 5.98. The van der Waals surface area contributed by atoms with E-state index in [-0.39, 0.29) is 11.0 Å². The molecule has 92 valence electrons. The van der Waals surface area contributed by atoms with Crippen molar-refractivity contribution in [2.75, 3.05) is 5.75 Å². The van der Waals surface area contributed by atoms with Crippen molar-refractivity contribution in [1.29, 1.82) is 0 Å². The Morgan fingerprint density at radius 1 is 1.44 bits per heavy atom. The van der Waals surface area contributed by atoms with E-state index in [2.05, 4.69) is 5.32 Å². The minimum Gasteiger partial charge on any atom is -0.480 e. The monoisotopic (exact) mass is 247 g/mol. The summed E-state index contributed by atoms with van der Waals surface area (Å²) in [7, 11) is -1.16. The Balaban J connectivity index is 2.50. The summed E-state index contributed by atoms with van der Waals surface area (Å²) in [6.45, 7) is 1.26. The number of carboxylic acids is 1. The van der Waals surface area contributed by atoms with E-state index in [1.54, 1.807) is 0 Å². The Kier molecular flexibility index (Phi) is 4.92. The van der Waals surface area contributed by atoms with Crippen LogP contribution in [0.3, 0.4) is 0 Å². The maximum absolute atomic E-state index is 11.8. The molecule has 1 aliphatic rings. The lowest BCUT2D eigenvalue weighted by molar-refractivity contribution is -0.140. The summed E-state index contributed by atoms with van der Waals surface area (Å²) < 4.78 is 11.8. The second-order valence-corrected chi connectivity index (χ2v) is 5.81. The molecule has 0 bridgehead atoms. The average molecular weight is 247 g/mol. The molecule has 1 amide bonds. The van der Waals surface area contributed by atoms with Crippen LogP contribution in [0, 0.1) is 0 Å². The maximum atomic E-state index is 11.8. The van der Waals surface area contributed by atoms with Gasteiger partial charge in [0.15, 0.2) is 0 Å². The van der Waals surface area contributed by atoms with Gasteiger partial charge in [0.25, 0.3) is 0 Å². The minimum absolute atomic E-state index is 0.0135. The smallest absolute Gasteiger partial charge is 0.327 e. The van der Waals surface area contributed by atoms with Gasteiger partial charge in [-0.25, -0.2) is 4.79 Å². The molecule has 0 radical (unpaired) electrons. The van der Waals surface area contributed by atoms with Crippen LogP contribution in [-0.2, 0) is 20.4 Å². The standard InChI is InChI=1S/C10H17NO4S/c1-7(12)11-9(10(13)14)6-16(15)8-4-2-3-5-8/h8-9H,2-6H2,1H3,(H,11,12)(H,13,14). The first-order chi connectivity index (χ1) is 7.50. The van der Waals surface area contributed by atoms with Gasteiger partial charge in [0.1, 0.15) is 6.04 Å². The molecule has 1 aliphatic carbocycles. The van der Waals surface area contributed by atoms with E-state index in [0.717, 1.165) is 25.7 Å². The molecule has 1 rings (SSSR count). The summed E-state index contributed by atoms with van der Waals surface area (Å²) >= 11 is 0. The predicted octanol–water partition coefficient (Wildman–Crippen LogP) is 0.267. The Morgan fingerprint density at radius 2 is 2.00 bits per heavy atom. The van der Waals surface area contributed by atoms with Crippen molar-refractivity contribution >= 4 is 22.7 Å². The Hall–Kier alpha value is -0.910. The number of carboxylic acid groups (broad SMARTS) is 1. The Morgan fingerprint density at radius 3 is 2.44 bits per heavy atom. The van der Waals surface area contributed by atoms with Crippen molar-refractivity contribution in [2.45, 2.75) is 43.9 Å². The topological polar surface area (TPSA) is 83.5 Å². The van der Waals surface area contributed by atoms with Gasteiger partial charge in [-0.3, -0.25) is 9.00 Å². The lowest BCUT2D eigenvalue weighted by atomic mass is 10.3.